The molecule has 2 aromatic rings. The van der Waals surface area contributed by atoms with E-state index >= 15 is 0 Å². The zero-order valence-electron chi connectivity index (χ0n) is 9.21. The number of aromatic nitrogens is 1. The van der Waals surface area contributed by atoms with Gasteiger partial charge in [0.2, 0.25) is 0 Å². The molecule has 0 saturated carbocycles. The van der Waals surface area contributed by atoms with Crippen LogP contribution in [0.5, 0.6) is 0 Å². The lowest BCUT2D eigenvalue weighted by molar-refractivity contribution is -0.137. The van der Waals surface area contributed by atoms with Crippen molar-refractivity contribution in [3.05, 3.63) is 64.4 Å². The third kappa shape index (κ3) is 3.23. The summed E-state index contributed by atoms with van der Waals surface area (Å²) in [5.74, 6) is 0. The minimum atomic E-state index is -4.32. The van der Waals surface area contributed by atoms with Crippen LogP contribution in [0.2, 0.25) is 5.15 Å². The molecule has 0 unspecified atom stereocenters. The highest BCUT2D eigenvalue weighted by Gasteiger charge is 2.30. The number of halogens is 4. The predicted molar refractivity (Wildman–Crippen MR) is 63.5 cm³/mol. The Labute approximate surface area is 107 Å². The van der Waals surface area contributed by atoms with Crippen molar-refractivity contribution in [1.82, 2.24) is 4.98 Å². The summed E-state index contributed by atoms with van der Waals surface area (Å²) in [6.45, 7) is 0. The lowest BCUT2D eigenvalue weighted by atomic mass is 10.1. The second kappa shape index (κ2) is 4.98. The molecule has 2 rings (SSSR count). The third-order valence-corrected chi connectivity index (χ3v) is 2.62. The van der Waals surface area contributed by atoms with Crippen LogP contribution in [-0.4, -0.2) is 4.98 Å². The Balaban J connectivity index is 2.25. The van der Waals surface area contributed by atoms with Crippen molar-refractivity contribution in [3.8, 4) is 0 Å². The summed E-state index contributed by atoms with van der Waals surface area (Å²) in [4.78, 5) is 4.04. The van der Waals surface area contributed by atoms with Crippen molar-refractivity contribution in [1.29, 1.82) is 0 Å². The predicted octanol–water partition coefficient (Wildman–Crippen LogP) is 4.34. The van der Waals surface area contributed by atoms with Crippen LogP contribution >= 0.6 is 11.6 Å². The van der Waals surface area contributed by atoms with E-state index in [-0.39, 0.29) is 0 Å². The summed E-state index contributed by atoms with van der Waals surface area (Å²) >= 11 is 5.72. The highest BCUT2D eigenvalue weighted by Crippen LogP contribution is 2.29. The molecular formula is C13H9ClF3N. The average molecular weight is 272 g/mol. The van der Waals surface area contributed by atoms with Gasteiger partial charge in [-0.3, -0.25) is 0 Å². The Hall–Kier alpha value is -1.55. The van der Waals surface area contributed by atoms with Crippen LogP contribution in [0.15, 0.2) is 42.5 Å². The van der Waals surface area contributed by atoms with E-state index in [0.717, 1.165) is 12.1 Å². The summed E-state index contributed by atoms with van der Waals surface area (Å²) in [6, 6.07) is 10.3. The van der Waals surface area contributed by atoms with E-state index in [4.69, 9.17) is 11.6 Å². The molecule has 0 aliphatic heterocycles. The molecule has 94 valence electrons. The first-order valence-electron chi connectivity index (χ1n) is 5.23. The maximum atomic E-state index is 12.5. The topological polar surface area (TPSA) is 12.9 Å². The van der Waals surface area contributed by atoms with Gasteiger partial charge in [0.15, 0.2) is 0 Å². The lowest BCUT2D eigenvalue weighted by Crippen LogP contribution is -2.05. The molecule has 0 fully saturated rings. The van der Waals surface area contributed by atoms with E-state index in [1.54, 1.807) is 24.3 Å². The first-order chi connectivity index (χ1) is 8.45. The second-order valence-electron chi connectivity index (χ2n) is 3.83. The second-order valence-corrected chi connectivity index (χ2v) is 4.21. The molecule has 0 N–H and O–H groups in total. The minimum Gasteiger partial charge on any atom is -0.241 e. The SMILES string of the molecule is FC(F)(F)c1cccc(Cc2cccc(Cl)n2)c1. The van der Waals surface area contributed by atoms with Crippen LogP contribution in [0.25, 0.3) is 0 Å². The third-order valence-electron chi connectivity index (χ3n) is 2.41. The Bertz CT molecular complexity index is 552. The van der Waals surface area contributed by atoms with Gasteiger partial charge < -0.3 is 0 Å². The molecule has 0 saturated heterocycles. The molecule has 1 aromatic carbocycles. The number of hydrogen-bond acceptors (Lipinski definition) is 1. The molecule has 18 heavy (non-hydrogen) atoms. The minimum absolute atomic E-state index is 0.324. The van der Waals surface area contributed by atoms with Gasteiger partial charge in [-0.05, 0) is 23.8 Å². The Morgan fingerprint density at radius 3 is 2.44 bits per heavy atom. The average Bonchev–Trinajstić information content (AvgIpc) is 2.28. The van der Waals surface area contributed by atoms with Crippen molar-refractivity contribution in [2.45, 2.75) is 12.6 Å². The maximum absolute atomic E-state index is 12.5. The number of nitrogens with zero attached hydrogens (tertiary/aromatic N) is 1. The quantitative estimate of drug-likeness (QED) is 0.740. The zero-order valence-corrected chi connectivity index (χ0v) is 9.96. The monoisotopic (exact) mass is 271 g/mol. The van der Waals surface area contributed by atoms with Crippen molar-refractivity contribution in [3.63, 3.8) is 0 Å². The van der Waals surface area contributed by atoms with Crippen LogP contribution < -0.4 is 0 Å². The summed E-state index contributed by atoms with van der Waals surface area (Å²) in [5, 5.41) is 0.333. The molecule has 0 aliphatic carbocycles. The van der Waals surface area contributed by atoms with E-state index in [0.29, 0.717) is 22.8 Å². The first-order valence-corrected chi connectivity index (χ1v) is 5.60. The number of rotatable bonds is 2. The van der Waals surface area contributed by atoms with Crippen LogP contribution in [0.1, 0.15) is 16.8 Å². The Morgan fingerprint density at radius 1 is 1.06 bits per heavy atom. The fraction of sp³-hybridized carbons (Fsp3) is 0.154. The molecule has 0 spiro atoms. The maximum Gasteiger partial charge on any atom is 0.416 e. The van der Waals surface area contributed by atoms with Crippen LogP contribution in [0.4, 0.5) is 13.2 Å². The van der Waals surface area contributed by atoms with Gasteiger partial charge in [-0.15, -0.1) is 0 Å². The largest absolute Gasteiger partial charge is 0.416 e. The molecule has 0 bridgehead atoms. The van der Waals surface area contributed by atoms with E-state index in [2.05, 4.69) is 4.98 Å². The fourth-order valence-electron chi connectivity index (χ4n) is 1.62. The molecule has 0 aliphatic rings. The van der Waals surface area contributed by atoms with Crippen LogP contribution in [0.3, 0.4) is 0 Å². The smallest absolute Gasteiger partial charge is 0.241 e. The molecule has 1 nitrogen and oxygen atoms in total. The summed E-state index contributed by atoms with van der Waals surface area (Å²) in [6.07, 6.45) is -4.00. The highest BCUT2D eigenvalue weighted by atomic mass is 35.5. The molecule has 5 heteroatoms. The zero-order chi connectivity index (χ0) is 13.2. The van der Waals surface area contributed by atoms with E-state index in [9.17, 15) is 13.2 Å². The number of hydrogen-bond donors (Lipinski definition) is 0. The summed E-state index contributed by atoms with van der Waals surface area (Å²) in [7, 11) is 0. The normalized spacial score (nSPS) is 11.6. The van der Waals surface area contributed by atoms with E-state index in [1.165, 1.54) is 6.07 Å². The van der Waals surface area contributed by atoms with Gasteiger partial charge in [0, 0.05) is 12.1 Å². The summed E-state index contributed by atoms with van der Waals surface area (Å²) in [5.41, 5.74) is 0.545. The lowest BCUT2D eigenvalue weighted by Gasteiger charge is -2.08. The Morgan fingerprint density at radius 2 is 1.78 bits per heavy atom. The number of pyridine rings is 1. The van der Waals surface area contributed by atoms with Gasteiger partial charge in [0.1, 0.15) is 5.15 Å². The standard InChI is InChI=1S/C13H9ClF3N/c14-12-6-2-5-11(18-12)8-9-3-1-4-10(7-9)13(15,16)17/h1-7H,8H2. The molecule has 1 aromatic heterocycles. The van der Waals surface area contributed by atoms with Crippen molar-refractivity contribution >= 4 is 11.6 Å². The highest BCUT2D eigenvalue weighted by molar-refractivity contribution is 6.29. The van der Waals surface area contributed by atoms with Crippen molar-refractivity contribution < 1.29 is 13.2 Å². The van der Waals surface area contributed by atoms with Gasteiger partial charge in [-0.25, -0.2) is 4.98 Å². The number of alkyl halides is 3. The van der Waals surface area contributed by atoms with Gasteiger partial charge in [-0.1, -0.05) is 35.9 Å². The van der Waals surface area contributed by atoms with Gasteiger partial charge >= 0.3 is 6.18 Å². The van der Waals surface area contributed by atoms with Gasteiger partial charge in [0.25, 0.3) is 0 Å². The van der Waals surface area contributed by atoms with Crippen LogP contribution in [-0.2, 0) is 12.6 Å². The molecule has 0 atom stereocenters. The fourth-order valence-corrected chi connectivity index (χ4v) is 1.80. The van der Waals surface area contributed by atoms with E-state index < -0.39 is 11.7 Å². The van der Waals surface area contributed by atoms with Crippen LogP contribution in [0, 0.1) is 0 Å². The van der Waals surface area contributed by atoms with E-state index in [1.807, 2.05) is 0 Å². The Kier molecular flexibility index (Phi) is 3.57. The molecule has 1 heterocycles. The van der Waals surface area contributed by atoms with Crippen molar-refractivity contribution in [2.24, 2.45) is 0 Å². The summed E-state index contributed by atoms with van der Waals surface area (Å²) < 4.78 is 37.6. The van der Waals surface area contributed by atoms with Crippen molar-refractivity contribution in [2.75, 3.05) is 0 Å². The molecule has 0 amide bonds. The van der Waals surface area contributed by atoms with Gasteiger partial charge in [0.05, 0.1) is 5.56 Å². The molecular weight excluding hydrogens is 263 g/mol. The first kappa shape index (κ1) is 12.9. The number of benzene rings is 1. The molecule has 0 radical (unpaired) electrons. The van der Waals surface area contributed by atoms with Gasteiger partial charge in [-0.2, -0.15) is 13.2 Å².